The number of H-pyrrole nitrogens is 1. The molecule has 4 rings (SSSR count). The summed E-state index contributed by atoms with van der Waals surface area (Å²) in [5, 5.41) is 3.34. The molecule has 0 aromatic carbocycles. The average Bonchev–Trinajstić information content (AvgIpc) is 3.05. The van der Waals surface area contributed by atoms with Crippen LogP contribution in [0.4, 0.5) is 5.82 Å². The van der Waals surface area contributed by atoms with Crippen LogP contribution in [0, 0.1) is 0 Å². The van der Waals surface area contributed by atoms with Crippen molar-refractivity contribution in [1.29, 1.82) is 0 Å². The highest BCUT2D eigenvalue weighted by molar-refractivity contribution is 5.90. The number of fused-ring (bicyclic) bond motifs is 1. The van der Waals surface area contributed by atoms with Crippen LogP contribution in [0.2, 0.25) is 0 Å². The summed E-state index contributed by atoms with van der Waals surface area (Å²) >= 11 is 0. The minimum absolute atomic E-state index is 0.633. The molecule has 3 aromatic heterocycles. The Morgan fingerprint density at radius 3 is 3.04 bits per heavy atom. The number of nitrogens with one attached hydrogen (secondary N) is 2. The third-order valence-corrected chi connectivity index (χ3v) is 4.37. The fraction of sp³-hybridized carbons (Fsp3) is 0.278. The van der Waals surface area contributed by atoms with E-state index in [4.69, 9.17) is 4.98 Å². The maximum atomic E-state index is 4.80. The van der Waals surface area contributed by atoms with Crippen LogP contribution in [0.3, 0.4) is 0 Å². The molecule has 1 aliphatic rings. The Hall–Kier alpha value is -2.73. The minimum Gasteiger partial charge on any atom is -0.364 e. The van der Waals surface area contributed by atoms with Crippen LogP contribution >= 0.6 is 0 Å². The van der Waals surface area contributed by atoms with Crippen LogP contribution in [0.5, 0.6) is 0 Å². The summed E-state index contributed by atoms with van der Waals surface area (Å²) in [7, 11) is 2.15. The van der Waals surface area contributed by atoms with Gasteiger partial charge in [0.05, 0.1) is 23.3 Å². The standard InChI is InChI=1S/C18H20N6/c1-24-8-5-13(6-9-24)15-11-20-16-2-3-17(23-18(15)16)21-10-14-4-7-19-12-22-14/h2-5,7,11-12,20H,6,8-10H2,1H3,(H,21,23). The molecule has 0 fully saturated rings. The van der Waals surface area contributed by atoms with Crippen LogP contribution in [0.25, 0.3) is 16.6 Å². The molecular formula is C18H20N6. The summed E-state index contributed by atoms with van der Waals surface area (Å²) < 4.78 is 0. The van der Waals surface area contributed by atoms with Gasteiger partial charge in [0.1, 0.15) is 12.1 Å². The average molecular weight is 320 g/mol. The van der Waals surface area contributed by atoms with Crippen molar-refractivity contribution in [3.05, 3.63) is 54.3 Å². The van der Waals surface area contributed by atoms with Crippen molar-refractivity contribution in [3.63, 3.8) is 0 Å². The SMILES string of the molecule is CN1CC=C(c2c[nH]c3ccc(NCc4ccncn4)nc23)CC1. The van der Waals surface area contributed by atoms with Crippen molar-refractivity contribution in [2.45, 2.75) is 13.0 Å². The third-order valence-electron chi connectivity index (χ3n) is 4.37. The topological polar surface area (TPSA) is 69.7 Å². The highest BCUT2D eigenvalue weighted by atomic mass is 15.1. The fourth-order valence-corrected chi connectivity index (χ4v) is 2.96. The zero-order valence-electron chi connectivity index (χ0n) is 13.7. The molecule has 0 spiro atoms. The Morgan fingerprint density at radius 2 is 2.25 bits per heavy atom. The zero-order chi connectivity index (χ0) is 16.4. The molecule has 0 aliphatic carbocycles. The predicted octanol–water partition coefficient (Wildman–Crippen LogP) is 2.68. The molecule has 0 radical (unpaired) electrons. The number of pyridine rings is 1. The van der Waals surface area contributed by atoms with Gasteiger partial charge in [0.2, 0.25) is 0 Å². The highest BCUT2D eigenvalue weighted by Crippen LogP contribution is 2.28. The first-order valence-corrected chi connectivity index (χ1v) is 8.14. The van der Waals surface area contributed by atoms with Gasteiger partial charge in [0.15, 0.2) is 0 Å². The Balaban J connectivity index is 1.59. The molecule has 24 heavy (non-hydrogen) atoms. The van der Waals surface area contributed by atoms with Gasteiger partial charge in [-0.1, -0.05) is 6.08 Å². The van der Waals surface area contributed by atoms with Crippen LogP contribution in [-0.4, -0.2) is 45.0 Å². The Labute approximate surface area is 140 Å². The van der Waals surface area contributed by atoms with Crippen LogP contribution < -0.4 is 5.32 Å². The van der Waals surface area contributed by atoms with E-state index < -0.39 is 0 Å². The van der Waals surface area contributed by atoms with E-state index in [2.05, 4.69) is 50.6 Å². The molecule has 2 N–H and O–H groups in total. The van der Waals surface area contributed by atoms with Crippen molar-refractivity contribution in [3.8, 4) is 0 Å². The maximum absolute atomic E-state index is 4.80. The van der Waals surface area contributed by atoms with Crippen molar-refractivity contribution in [2.75, 3.05) is 25.5 Å². The molecule has 0 atom stereocenters. The van der Waals surface area contributed by atoms with E-state index in [-0.39, 0.29) is 0 Å². The fourth-order valence-electron chi connectivity index (χ4n) is 2.96. The molecule has 3 aromatic rings. The van der Waals surface area contributed by atoms with E-state index in [9.17, 15) is 0 Å². The largest absolute Gasteiger partial charge is 0.364 e. The van der Waals surface area contributed by atoms with E-state index in [1.807, 2.05) is 12.1 Å². The lowest BCUT2D eigenvalue weighted by atomic mass is 10.0. The van der Waals surface area contributed by atoms with E-state index >= 15 is 0 Å². The predicted molar refractivity (Wildman–Crippen MR) is 95.5 cm³/mol. The first-order valence-electron chi connectivity index (χ1n) is 8.14. The van der Waals surface area contributed by atoms with Crippen molar-refractivity contribution < 1.29 is 0 Å². The number of aromatic nitrogens is 4. The van der Waals surface area contributed by atoms with Crippen molar-refractivity contribution >= 4 is 22.4 Å². The van der Waals surface area contributed by atoms with E-state index in [0.717, 1.165) is 42.1 Å². The number of rotatable bonds is 4. The first-order chi connectivity index (χ1) is 11.8. The molecule has 6 heteroatoms. The lowest BCUT2D eigenvalue weighted by molar-refractivity contribution is 0.370. The number of nitrogens with zero attached hydrogens (tertiary/aromatic N) is 4. The number of hydrogen-bond acceptors (Lipinski definition) is 5. The molecule has 6 nitrogen and oxygen atoms in total. The Bertz CT molecular complexity index is 868. The summed E-state index contributed by atoms with van der Waals surface area (Å²) in [6.45, 7) is 2.71. The quantitative estimate of drug-likeness (QED) is 0.773. The highest BCUT2D eigenvalue weighted by Gasteiger charge is 2.14. The maximum Gasteiger partial charge on any atom is 0.127 e. The van der Waals surface area contributed by atoms with Gasteiger partial charge in [-0.15, -0.1) is 0 Å². The molecule has 4 heterocycles. The molecular weight excluding hydrogens is 300 g/mol. The summed E-state index contributed by atoms with van der Waals surface area (Å²) in [5.41, 5.74) is 5.62. The van der Waals surface area contributed by atoms with Crippen molar-refractivity contribution in [2.24, 2.45) is 0 Å². The molecule has 0 unspecified atom stereocenters. The van der Waals surface area contributed by atoms with E-state index in [0.29, 0.717) is 6.54 Å². The molecule has 1 aliphatic heterocycles. The summed E-state index contributed by atoms with van der Waals surface area (Å²) in [6.07, 6.45) is 8.74. The number of hydrogen-bond donors (Lipinski definition) is 2. The second-order valence-electron chi connectivity index (χ2n) is 6.09. The Kier molecular flexibility index (Phi) is 3.96. The number of aromatic amines is 1. The van der Waals surface area contributed by atoms with Crippen LogP contribution in [0.1, 0.15) is 17.7 Å². The molecule has 0 saturated heterocycles. The number of likely N-dealkylation sites (N-methyl/N-ethyl adjacent to an activating group) is 1. The normalized spacial score (nSPS) is 15.5. The monoisotopic (exact) mass is 320 g/mol. The molecule has 0 amide bonds. The van der Waals surface area contributed by atoms with Gasteiger partial charge in [-0.25, -0.2) is 15.0 Å². The minimum atomic E-state index is 0.633. The lowest BCUT2D eigenvalue weighted by Crippen LogP contribution is -2.23. The van der Waals surface area contributed by atoms with Gasteiger partial charge in [-0.2, -0.15) is 0 Å². The first kappa shape index (κ1) is 14.8. The second-order valence-corrected chi connectivity index (χ2v) is 6.09. The van der Waals surface area contributed by atoms with Gasteiger partial charge in [0, 0.05) is 31.0 Å². The summed E-state index contributed by atoms with van der Waals surface area (Å²) in [6, 6.07) is 5.97. The molecule has 122 valence electrons. The summed E-state index contributed by atoms with van der Waals surface area (Å²) in [5.74, 6) is 0.857. The third kappa shape index (κ3) is 3.00. The molecule has 0 saturated carbocycles. The van der Waals surface area contributed by atoms with Crippen molar-refractivity contribution in [1.82, 2.24) is 24.8 Å². The van der Waals surface area contributed by atoms with Gasteiger partial charge >= 0.3 is 0 Å². The molecule has 0 bridgehead atoms. The van der Waals surface area contributed by atoms with Crippen LogP contribution in [0.15, 0.2) is 43.0 Å². The van der Waals surface area contributed by atoms with E-state index in [1.165, 1.54) is 11.1 Å². The van der Waals surface area contributed by atoms with Gasteiger partial charge in [-0.05, 0) is 37.2 Å². The van der Waals surface area contributed by atoms with E-state index in [1.54, 1.807) is 12.5 Å². The van der Waals surface area contributed by atoms with Gasteiger partial charge in [0.25, 0.3) is 0 Å². The lowest BCUT2D eigenvalue weighted by Gasteiger charge is -2.21. The van der Waals surface area contributed by atoms with Gasteiger partial charge < -0.3 is 15.2 Å². The zero-order valence-corrected chi connectivity index (χ0v) is 13.7. The van der Waals surface area contributed by atoms with Crippen LogP contribution in [-0.2, 0) is 6.54 Å². The Morgan fingerprint density at radius 1 is 1.29 bits per heavy atom. The van der Waals surface area contributed by atoms with Gasteiger partial charge in [-0.3, -0.25) is 0 Å². The second kappa shape index (κ2) is 6.41. The number of anilines is 1. The summed E-state index contributed by atoms with van der Waals surface area (Å²) in [4.78, 5) is 18.6. The smallest absolute Gasteiger partial charge is 0.127 e.